The SMILES string of the molecule is Cc1nc2ncccc2cc1C(=O)OCc1ccc(COCCF)c(F)c1. The van der Waals surface area contributed by atoms with Crippen LogP contribution in [-0.4, -0.2) is 29.2 Å². The number of esters is 1. The highest BCUT2D eigenvalue weighted by Crippen LogP contribution is 2.17. The van der Waals surface area contributed by atoms with Gasteiger partial charge in [-0.2, -0.15) is 0 Å². The Balaban J connectivity index is 1.67. The van der Waals surface area contributed by atoms with Crippen LogP contribution in [0.4, 0.5) is 8.78 Å². The van der Waals surface area contributed by atoms with Gasteiger partial charge in [0.05, 0.1) is 24.5 Å². The van der Waals surface area contributed by atoms with E-state index in [0.717, 1.165) is 5.39 Å². The van der Waals surface area contributed by atoms with Gasteiger partial charge in [-0.3, -0.25) is 0 Å². The number of carbonyl (C=O) groups excluding carboxylic acids is 1. The second-order valence-corrected chi connectivity index (χ2v) is 5.91. The monoisotopic (exact) mass is 372 g/mol. The van der Waals surface area contributed by atoms with E-state index >= 15 is 0 Å². The summed E-state index contributed by atoms with van der Waals surface area (Å²) in [4.78, 5) is 20.8. The van der Waals surface area contributed by atoms with Gasteiger partial charge in [-0.1, -0.05) is 12.1 Å². The number of aromatic nitrogens is 2. The zero-order valence-corrected chi connectivity index (χ0v) is 14.7. The summed E-state index contributed by atoms with van der Waals surface area (Å²) >= 11 is 0. The molecule has 0 aliphatic rings. The third kappa shape index (κ3) is 4.62. The van der Waals surface area contributed by atoms with Crippen LogP contribution in [0.3, 0.4) is 0 Å². The highest BCUT2D eigenvalue weighted by atomic mass is 19.1. The standard InChI is InChI=1S/C20H18F2N2O3/c1-13-17(10-15-3-2-7-23-19(15)24-13)20(25)27-11-14-4-5-16(18(22)9-14)12-26-8-6-21/h2-5,7,9-10H,6,8,11-12H2,1H3. The number of alkyl halides is 1. The van der Waals surface area contributed by atoms with Crippen LogP contribution in [0.25, 0.3) is 11.0 Å². The van der Waals surface area contributed by atoms with Gasteiger partial charge in [0, 0.05) is 17.1 Å². The predicted octanol–water partition coefficient (Wildman–Crippen LogP) is 3.92. The molecule has 0 aliphatic carbocycles. The molecule has 0 atom stereocenters. The quantitative estimate of drug-likeness (QED) is 0.465. The summed E-state index contributed by atoms with van der Waals surface area (Å²) in [5.41, 5.74) is 2.23. The fourth-order valence-electron chi connectivity index (χ4n) is 2.56. The molecule has 3 aromatic rings. The average molecular weight is 372 g/mol. The van der Waals surface area contributed by atoms with Crippen molar-refractivity contribution in [2.24, 2.45) is 0 Å². The Morgan fingerprint density at radius 1 is 1.19 bits per heavy atom. The van der Waals surface area contributed by atoms with Crippen molar-refractivity contribution >= 4 is 17.0 Å². The Hall–Kier alpha value is -2.93. The lowest BCUT2D eigenvalue weighted by Crippen LogP contribution is -2.09. The minimum absolute atomic E-state index is 0.00812. The van der Waals surface area contributed by atoms with Gasteiger partial charge in [0.2, 0.25) is 0 Å². The van der Waals surface area contributed by atoms with E-state index in [2.05, 4.69) is 9.97 Å². The maximum Gasteiger partial charge on any atom is 0.340 e. The molecule has 0 unspecified atom stereocenters. The molecule has 7 heteroatoms. The third-order valence-corrected chi connectivity index (χ3v) is 3.97. The molecule has 0 radical (unpaired) electrons. The number of halogens is 2. The van der Waals surface area contributed by atoms with Crippen LogP contribution < -0.4 is 0 Å². The normalized spacial score (nSPS) is 10.9. The molecule has 5 nitrogen and oxygen atoms in total. The predicted molar refractivity (Wildman–Crippen MR) is 95.4 cm³/mol. The van der Waals surface area contributed by atoms with Gasteiger partial charge in [0.1, 0.15) is 19.1 Å². The van der Waals surface area contributed by atoms with Gasteiger partial charge in [-0.05, 0) is 36.8 Å². The largest absolute Gasteiger partial charge is 0.457 e. The maximum absolute atomic E-state index is 14.0. The lowest BCUT2D eigenvalue weighted by Gasteiger charge is -2.09. The number of carbonyl (C=O) groups is 1. The lowest BCUT2D eigenvalue weighted by atomic mass is 10.1. The number of rotatable bonds is 7. The average Bonchev–Trinajstić information content (AvgIpc) is 2.67. The van der Waals surface area contributed by atoms with Gasteiger partial charge in [0.25, 0.3) is 0 Å². The minimum Gasteiger partial charge on any atom is -0.457 e. The van der Waals surface area contributed by atoms with Crippen molar-refractivity contribution < 1.29 is 23.0 Å². The molecule has 0 aliphatic heterocycles. The third-order valence-electron chi connectivity index (χ3n) is 3.97. The molecule has 2 aromatic heterocycles. The van der Waals surface area contributed by atoms with Crippen LogP contribution in [0.1, 0.15) is 27.2 Å². The molecule has 0 spiro atoms. The number of pyridine rings is 2. The van der Waals surface area contributed by atoms with Crippen molar-refractivity contribution in [3.8, 4) is 0 Å². The molecule has 27 heavy (non-hydrogen) atoms. The number of aryl methyl sites for hydroxylation is 1. The number of hydrogen-bond donors (Lipinski definition) is 0. The Morgan fingerprint density at radius 2 is 2.04 bits per heavy atom. The van der Waals surface area contributed by atoms with Crippen LogP contribution >= 0.6 is 0 Å². The van der Waals surface area contributed by atoms with Crippen LogP contribution in [0.5, 0.6) is 0 Å². The molecule has 2 heterocycles. The van der Waals surface area contributed by atoms with Crippen LogP contribution in [0, 0.1) is 12.7 Å². The first-order valence-electron chi connectivity index (χ1n) is 8.39. The van der Waals surface area contributed by atoms with E-state index in [9.17, 15) is 13.6 Å². The number of ether oxygens (including phenoxy) is 2. The van der Waals surface area contributed by atoms with Gasteiger partial charge >= 0.3 is 5.97 Å². The zero-order valence-electron chi connectivity index (χ0n) is 14.7. The number of hydrogen-bond acceptors (Lipinski definition) is 5. The fraction of sp³-hybridized carbons (Fsp3) is 0.250. The molecule has 3 rings (SSSR count). The molecule has 1 aromatic carbocycles. The first kappa shape index (κ1) is 18.8. The van der Waals surface area contributed by atoms with Crippen molar-refractivity contribution in [1.82, 2.24) is 9.97 Å². The Bertz CT molecular complexity index is 963. The van der Waals surface area contributed by atoms with Gasteiger partial charge in [0.15, 0.2) is 5.65 Å². The van der Waals surface area contributed by atoms with E-state index in [1.54, 1.807) is 31.3 Å². The first-order chi connectivity index (χ1) is 13.1. The Labute approximate surface area is 155 Å². The van der Waals surface area contributed by atoms with E-state index < -0.39 is 18.5 Å². The fourth-order valence-corrected chi connectivity index (χ4v) is 2.56. The van der Waals surface area contributed by atoms with Crippen molar-refractivity contribution in [2.45, 2.75) is 20.1 Å². The van der Waals surface area contributed by atoms with E-state index in [-0.39, 0.29) is 19.8 Å². The molecule has 0 N–H and O–H groups in total. The van der Waals surface area contributed by atoms with E-state index in [4.69, 9.17) is 9.47 Å². The Kier molecular flexibility index (Phi) is 6.03. The van der Waals surface area contributed by atoms with Crippen LogP contribution in [0.15, 0.2) is 42.6 Å². The van der Waals surface area contributed by atoms with E-state index in [1.807, 2.05) is 6.07 Å². The van der Waals surface area contributed by atoms with Crippen molar-refractivity contribution in [1.29, 1.82) is 0 Å². The first-order valence-corrected chi connectivity index (χ1v) is 8.39. The zero-order chi connectivity index (χ0) is 19.2. The second-order valence-electron chi connectivity index (χ2n) is 5.91. The Morgan fingerprint density at radius 3 is 2.81 bits per heavy atom. The molecule has 0 bridgehead atoms. The smallest absolute Gasteiger partial charge is 0.340 e. The summed E-state index contributed by atoms with van der Waals surface area (Å²) in [5, 5.41) is 0.735. The molecule has 0 saturated heterocycles. The topological polar surface area (TPSA) is 61.3 Å². The summed E-state index contributed by atoms with van der Waals surface area (Å²) < 4.78 is 36.3. The van der Waals surface area contributed by atoms with E-state index in [1.165, 1.54) is 12.1 Å². The summed E-state index contributed by atoms with van der Waals surface area (Å²) in [5.74, 6) is -1.03. The molecule has 140 valence electrons. The molecular formula is C20H18F2N2O3. The van der Waals surface area contributed by atoms with Crippen molar-refractivity contribution in [3.05, 3.63) is 70.8 Å². The second kappa shape index (κ2) is 8.64. The van der Waals surface area contributed by atoms with Crippen LogP contribution in [0.2, 0.25) is 0 Å². The van der Waals surface area contributed by atoms with Gasteiger partial charge in [-0.25, -0.2) is 23.5 Å². The van der Waals surface area contributed by atoms with Crippen molar-refractivity contribution in [3.63, 3.8) is 0 Å². The summed E-state index contributed by atoms with van der Waals surface area (Å²) in [6.45, 7) is 0.927. The molecular weight excluding hydrogens is 354 g/mol. The number of nitrogens with zero attached hydrogens (tertiary/aromatic N) is 2. The highest BCUT2D eigenvalue weighted by Gasteiger charge is 2.14. The van der Waals surface area contributed by atoms with Gasteiger partial charge in [-0.15, -0.1) is 0 Å². The molecule has 0 fully saturated rings. The lowest BCUT2D eigenvalue weighted by molar-refractivity contribution is 0.0471. The minimum atomic E-state index is -0.616. The van der Waals surface area contributed by atoms with E-state index in [0.29, 0.717) is 28.0 Å². The van der Waals surface area contributed by atoms with Crippen LogP contribution in [-0.2, 0) is 22.7 Å². The maximum atomic E-state index is 14.0. The molecule has 0 amide bonds. The van der Waals surface area contributed by atoms with Crippen molar-refractivity contribution in [2.75, 3.05) is 13.3 Å². The summed E-state index contributed by atoms with van der Waals surface area (Å²) in [7, 11) is 0. The summed E-state index contributed by atoms with van der Waals surface area (Å²) in [6, 6.07) is 9.70. The number of benzene rings is 1. The number of fused-ring (bicyclic) bond motifs is 1. The molecule has 0 saturated carbocycles. The highest BCUT2D eigenvalue weighted by molar-refractivity contribution is 5.94. The summed E-state index contributed by atoms with van der Waals surface area (Å²) in [6.07, 6.45) is 1.63. The van der Waals surface area contributed by atoms with Gasteiger partial charge < -0.3 is 9.47 Å².